The first kappa shape index (κ1) is 24.7. The average Bonchev–Trinajstić information content (AvgIpc) is 3.35. The molecule has 1 saturated heterocycles. The second-order valence-electron chi connectivity index (χ2n) is 8.80. The van der Waals surface area contributed by atoms with E-state index in [-0.39, 0.29) is 17.6 Å². The number of benzene rings is 4. The summed E-state index contributed by atoms with van der Waals surface area (Å²) in [5.41, 5.74) is 4.43. The van der Waals surface area contributed by atoms with Crippen LogP contribution in [0.5, 0.6) is 11.5 Å². The summed E-state index contributed by atoms with van der Waals surface area (Å²) in [6.45, 7) is 0.390. The highest BCUT2D eigenvalue weighted by Gasteiger charge is 2.40. The molecule has 1 aliphatic rings. The van der Waals surface area contributed by atoms with Crippen molar-refractivity contribution in [1.29, 1.82) is 0 Å². The maximum atomic E-state index is 12.9. The molecule has 1 heterocycles. The standard InChI is InChI=1S/C30H25N3O5/c1-37-26-16-19(14-15-25(26)38-30(36)23-13-7-11-20-10-5-6-12-22(20)23)17-32-33-29(35)27-24(18-31-28(27)34)21-8-3-2-4-9-21/h2-17,24,27H,18H2,1H3,(H,31,34)(H,33,35)/b32-17+/t24-,27-/m1/s1. The van der Waals surface area contributed by atoms with Crippen LogP contribution in [-0.2, 0) is 9.59 Å². The number of carbonyl (C=O) groups is 3. The molecule has 0 spiro atoms. The Hall–Kier alpha value is -4.98. The van der Waals surface area contributed by atoms with Gasteiger partial charge in [-0.05, 0) is 46.2 Å². The number of hydrogen-bond donors (Lipinski definition) is 2. The predicted molar refractivity (Wildman–Crippen MR) is 143 cm³/mol. The molecule has 4 aromatic carbocycles. The molecule has 2 amide bonds. The lowest BCUT2D eigenvalue weighted by atomic mass is 9.88. The van der Waals surface area contributed by atoms with Crippen LogP contribution >= 0.6 is 0 Å². The van der Waals surface area contributed by atoms with Gasteiger partial charge in [-0.1, -0.05) is 66.7 Å². The van der Waals surface area contributed by atoms with Crippen LogP contribution in [0.15, 0.2) is 96.1 Å². The van der Waals surface area contributed by atoms with E-state index in [0.717, 1.165) is 16.3 Å². The number of hydrazone groups is 1. The molecule has 38 heavy (non-hydrogen) atoms. The fourth-order valence-electron chi connectivity index (χ4n) is 4.58. The Bertz CT molecular complexity index is 1530. The largest absolute Gasteiger partial charge is 0.493 e. The molecule has 2 N–H and O–H groups in total. The molecule has 0 saturated carbocycles. The summed E-state index contributed by atoms with van der Waals surface area (Å²) in [6, 6.07) is 27.4. The Morgan fingerprint density at radius 1 is 0.947 bits per heavy atom. The SMILES string of the molecule is COc1cc(/C=N/NC(=O)[C@H]2C(=O)NC[C@@H]2c2ccccc2)ccc1OC(=O)c1cccc2ccccc12. The van der Waals surface area contributed by atoms with Crippen LogP contribution in [0.25, 0.3) is 10.8 Å². The van der Waals surface area contributed by atoms with Crippen molar-refractivity contribution in [3.8, 4) is 11.5 Å². The van der Waals surface area contributed by atoms with Crippen molar-refractivity contribution in [3.05, 3.63) is 108 Å². The van der Waals surface area contributed by atoms with E-state index in [9.17, 15) is 14.4 Å². The minimum atomic E-state index is -0.875. The molecule has 190 valence electrons. The average molecular weight is 508 g/mol. The van der Waals surface area contributed by atoms with Crippen LogP contribution in [0.4, 0.5) is 0 Å². The second kappa shape index (κ2) is 11.0. The van der Waals surface area contributed by atoms with Gasteiger partial charge in [-0.2, -0.15) is 5.10 Å². The molecule has 4 aromatic rings. The number of rotatable bonds is 7. The molecule has 1 aliphatic heterocycles. The number of carbonyl (C=O) groups excluding carboxylic acids is 3. The summed E-state index contributed by atoms with van der Waals surface area (Å²) in [5.74, 6) is -1.89. The fourth-order valence-corrected chi connectivity index (χ4v) is 4.58. The number of esters is 1. The van der Waals surface area contributed by atoms with Crippen molar-refractivity contribution >= 4 is 34.8 Å². The first-order valence-electron chi connectivity index (χ1n) is 12.1. The third kappa shape index (κ3) is 5.10. The van der Waals surface area contributed by atoms with Gasteiger partial charge in [0.05, 0.1) is 18.9 Å². The molecule has 0 unspecified atom stereocenters. The highest BCUT2D eigenvalue weighted by atomic mass is 16.6. The van der Waals surface area contributed by atoms with E-state index in [1.807, 2.05) is 60.7 Å². The number of methoxy groups -OCH3 is 1. The molecule has 0 aromatic heterocycles. The molecule has 8 heteroatoms. The van der Waals surface area contributed by atoms with Crippen molar-refractivity contribution in [2.45, 2.75) is 5.92 Å². The Labute approximate surface area is 219 Å². The van der Waals surface area contributed by atoms with Crippen molar-refractivity contribution in [1.82, 2.24) is 10.7 Å². The van der Waals surface area contributed by atoms with Gasteiger partial charge in [0, 0.05) is 12.5 Å². The summed E-state index contributed by atoms with van der Waals surface area (Å²) in [6.07, 6.45) is 1.43. The summed E-state index contributed by atoms with van der Waals surface area (Å²) < 4.78 is 11.1. The van der Waals surface area contributed by atoms with E-state index in [0.29, 0.717) is 23.4 Å². The molecular weight excluding hydrogens is 482 g/mol. The minimum Gasteiger partial charge on any atom is -0.493 e. The van der Waals surface area contributed by atoms with Crippen LogP contribution in [0.1, 0.15) is 27.4 Å². The van der Waals surface area contributed by atoms with E-state index in [1.54, 1.807) is 30.3 Å². The number of nitrogens with zero attached hydrogens (tertiary/aromatic N) is 1. The van der Waals surface area contributed by atoms with Crippen molar-refractivity contribution in [3.63, 3.8) is 0 Å². The van der Waals surface area contributed by atoms with Gasteiger partial charge in [0.1, 0.15) is 5.92 Å². The van der Waals surface area contributed by atoms with Gasteiger partial charge in [-0.3, -0.25) is 9.59 Å². The molecular formula is C30H25N3O5. The van der Waals surface area contributed by atoms with Crippen LogP contribution in [0.2, 0.25) is 0 Å². The fraction of sp³-hybridized carbons (Fsp3) is 0.133. The number of fused-ring (bicyclic) bond motifs is 1. The van der Waals surface area contributed by atoms with Crippen LogP contribution in [0, 0.1) is 5.92 Å². The zero-order valence-electron chi connectivity index (χ0n) is 20.6. The lowest BCUT2D eigenvalue weighted by molar-refractivity contribution is -0.133. The Balaban J connectivity index is 1.27. The van der Waals surface area contributed by atoms with Gasteiger partial charge in [0.25, 0.3) is 5.91 Å². The van der Waals surface area contributed by atoms with Crippen LogP contribution < -0.4 is 20.2 Å². The van der Waals surface area contributed by atoms with E-state index < -0.39 is 17.8 Å². The third-order valence-corrected chi connectivity index (χ3v) is 6.48. The van der Waals surface area contributed by atoms with Crippen LogP contribution in [-0.4, -0.2) is 37.7 Å². The van der Waals surface area contributed by atoms with Gasteiger partial charge < -0.3 is 14.8 Å². The summed E-state index contributed by atoms with van der Waals surface area (Å²) in [7, 11) is 1.47. The summed E-state index contributed by atoms with van der Waals surface area (Å²) in [5, 5.41) is 8.52. The lowest BCUT2D eigenvalue weighted by Crippen LogP contribution is -2.34. The van der Waals surface area contributed by atoms with Crippen molar-refractivity contribution in [2.24, 2.45) is 11.0 Å². The minimum absolute atomic E-state index is 0.250. The maximum absolute atomic E-state index is 12.9. The summed E-state index contributed by atoms with van der Waals surface area (Å²) in [4.78, 5) is 38.0. The number of hydrogen-bond acceptors (Lipinski definition) is 6. The number of nitrogens with one attached hydrogen (secondary N) is 2. The molecule has 0 bridgehead atoms. The van der Waals surface area contributed by atoms with Crippen molar-refractivity contribution < 1.29 is 23.9 Å². The van der Waals surface area contributed by atoms with Gasteiger partial charge >= 0.3 is 5.97 Å². The first-order chi connectivity index (χ1) is 18.5. The van der Waals surface area contributed by atoms with E-state index in [2.05, 4.69) is 15.8 Å². The van der Waals surface area contributed by atoms with Gasteiger partial charge in [0.2, 0.25) is 5.91 Å². The second-order valence-corrected chi connectivity index (χ2v) is 8.80. The number of amides is 2. The molecule has 1 fully saturated rings. The zero-order chi connectivity index (χ0) is 26.5. The van der Waals surface area contributed by atoms with E-state index >= 15 is 0 Å². The highest BCUT2D eigenvalue weighted by Crippen LogP contribution is 2.30. The van der Waals surface area contributed by atoms with Gasteiger partial charge in [-0.25, -0.2) is 10.2 Å². The molecule has 2 atom stereocenters. The predicted octanol–water partition coefficient (Wildman–Crippen LogP) is 4.05. The maximum Gasteiger partial charge on any atom is 0.344 e. The monoisotopic (exact) mass is 507 g/mol. The molecule has 0 radical (unpaired) electrons. The highest BCUT2D eigenvalue weighted by molar-refractivity contribution is 6.05. The van der Waals surface area contributed by atoms with Gasteiger partial charge in [0.15, 0.2) is 11.5 Å². The number of ether oxygens (including phenoxy) is 2. The smallest absolute Gasteiger partial charge is 0.344 e. The molecule has 5 rings (SSSR count). The topological polar surface area (TPSA) is 106 Å². The quantitative estimate of drug-likeness (QED) is 0.129. The molecule has 0 aliphatic carbocycles. The van der Waals surface area contributed by atoms with Gasteiger partial charge in [-0.15, -0.1) is 0 Å². The van der Waals surface area contributed by atoms with Crippen LogP contribution in [0.3, 0.4) is 0 Å². The van der Waals surface area contributed by atoms with Crippen molar-refractivity contribution in [2.75, 3.05) is 13.7 Å². The third-order valence-electron chi connectivity index (χ3n) is 6.48. The first-order valence-corrected chi connectivity index (χ1v) is 12.1. The van der Waals surface area contributed by atoms with E-state index in [1.165, 1.54) is 13.3 Å². The lowest BCUT2D eigenvalue weighted by Gasteiger charge is -2.15. The Morgan fingerprint density at radius 2 is 1.71 bits per heavy atom. The Kier molecular flexibility index (Phi) is 7.13. The normalized spacial score (nSPS) is 16.8. The Morgan fingerprint density at radius 3 is 2.53 bits per heavy atom. The summed E-state index contributed by atoms with van der Waals surface area (Å²) >= 11 is 0. The zero-order valence-corrected chi connectivity index (χ0v) is 20.6. The van der Waals surface area contributed by atoms with E-state index in [4.69, 9.17) is 9.47 Å². The molecule has 8 nitrogen and oxygen atoms in total.